The van der Waals surface area contributed by atoms with E-state index < -0.39 is 0 Å². The van der Waals surface area contributed by atoms with Crippen molar-refractivity contribution >= 4 is 22.9 Å². The lowest BCUT2D eigenvalue weighted by Crippen LogP contribution is -2.18. The molecule has 0 atom stereocenters. The van der Waals surface area contributed by atoms with Crippen LogP contribution >= 0.6 is 0 Å². The van der Waals surface area contributed by atoms with Crippen molar-refractivity contribution in [3.05, 3.63) is 83.3 Å². The molecule has 1 aliphatic carbocycles. The Morgan fingerprint density at radius 1 is 1.11 bits per heavy atom. The Kier molecular flexibility index (Phi) is 3.94. The fourth-order valence-electron chi connectivity index (χ4n) is 3.72. The lowest BCUT2D eigenvalue weighted by molar-refractivity contribution is 0.0950. The van der Waals surface area contributed by atoms with Crippen LogP contribution in [0.1, 0.15) is 27.2 Å². The molecule has 4 aromatic rings. The number of pyridine rings is 1. The summed E-state index contributed by atoms with van der Waals surface area (Å²) in [5, 5.41) is 13.6. The Morgan fingerprint density at radius 2 is 2.00 bits per heavy atom. The molecular weight excluding hydrogens is 350 g/mol. The van der Waals surface area contributed by atoms with Crippen LogP contribution in [0.4, 0.5) is 0 Å². The molecule has 0 unspecified atom stereocenters. The summed E-state index contributed by atoms with van der Waals surface area (Å²) in [5.41, 5.74) is 8.21. The van der Waals surface area contributed by atoms with E-state index in [1.54, 1.807) is 24.7 Å². The van der Waals surface area contributed by atoms with Crippen molar-refractivity contribution in [2.75, 3.05) is 0 Å². The number of hydrogen-bond acceptors (Lipinski definition) is 4. The van der Waals surface area contributed by atoms with Gasteiger partial charge in [-0.25, -0.2) is 5.43 Å². The first kappa shape index (κ1) is 16.4. The first-order valence-corrected chi connectivity index (χ1v) is 9.12. The fourth-order valence-corrected chi connectivity index (χ4v) is 3.72. The first-order valence-electron chi connectivity index (χ1n) is 9.12. The van der Waals surface area contributed by atoms with E-state index >= 15 is 0 Å². The highest BCUT2D eigenvalue weighted by Crippen LogP contribution is 2.36. The van der Waals surface area contributed by atoms with Crippen LogP contribution in [0.15, 0.2) is 66.0 Å². The van der Waals surface area contributed by atoms with Gasteiger partial charge in [-0.2, -0.15) is 10.2 Å². The summed E-state index contributed by atoms with van der Waals surface area (Å²) < 4.78 is 0. The summed E-state index contributed by atoms with van der Waals surface area (Å²) in [5.74, 6) is -0.343. The number of carbonyl (C=O) groups is 1. The maximum Gasteiger partial charge on any atom is 0.289 e. The van der Waals surface area contributed by atoms with Gasteiger partial charge in [-0.1, -0.05) is 36.4 Å². The van der Waals surface area contributed by atoms with Gasteiger partial charge in [-0.15, -0.1) is 0 Å². The smallest absolute Gasteiger partial charge is 0.272 e. The van der Waals surface area contributed by atoms with Gasteiger partial charge in [0.05, 0.1) is 11.9 Å². The Hall–Kier alpha value is -3.80. The second kappa shape index (κ2) is 6.74. The third-order valence-corrected chi connectivity index (χ3v) is 5.04. The molecule has 0 bridgehead atoms. The molecule has 2 heterocycles. The van der Waals surface area contributed by atoms with Crippen molar-refractivity contribution in [1.29, 1.82) is 0 Å². The molecule has 0 radical (unpaired) electrons. The SMILES string of the molecule is O=C(NN=Cc1cccnc1)c1cc(-c2ccc3c4c(cccc24)CC3)n[nH]1. The minimum Gasteiger partial charge on any atom is -0.272 e. The molecule has 1 aliphatic rings. The van der Waals surface area contributed by atoms with Gasteiger partial charge in [0, 0.05) is 23.5 Å². The lowest BCUT2D eigenvalue weighted by atomic mass is 9.98. The van der Waals surface area contributed by atoms with Crippen molar-refractivity contribution in [2.45, 2.75) is 12.8 Å². The monoisotopic (exact) mass is 367 g/mol. The maximum absolute atomic E-state index is 12.3. The molecule has 0 saturated carbocycles. The highest BCUT2D eigenvalue weighted by Gasteiger charge is 2.18. The zero-order valence-electron chi connectivity index (χ0n) is 15.0. The van der Waals surface area contributed by atoms with Gasteiger partial charge in [0.1, 0.15) is 5.69 Å². The summed E-state index contributed by atoms with van der Waals surface area (Å²) in [6.45, 7) is 0. The molecule has 0 aliphatic heterocycles. The average molecular weight is 367 g/mol. The van der Waals surface area contributed by atoms with E-state index in [0.717, 1.165) is 29.7 Å². The third kappa shape index (κ3) is 2.85. The van der Waals surface area contributed by atoms with Crippen LogP contribution < -0.4 is 5.43 Å². The molecule has 0 fully saturated rings. The number of rotatable bonds is 4. The van der Waals surface area contributed by atoms with Gasteiger partial charge in [0.15, 0.2) is 0 Å². The highest BCUT2D eigenvalue weighted by molar-refractivity contribution is 6.02. The van der Waals surface area contributed by atoms with E-state index in [0.29, 0.717) is 5.69 Å². The number of aryl methyl sites for hydroxylation is 2. The highest BCUT2D eigenvalue weighted by atomic mass is 16.2. The minimum atomic E-state index is -0.343. The predicted molar refractivity (Wildman–Crippen MR) is 108 cm³/mol. The molecule has 5 rings (SSSR count). The first-order chi connectivity index (χ1) is 13.8. The van der Waals surface area contributed by atoms with Crippen molar-refractivity contribution in [3.63, 3.8) is 0 Å². The molecule has 0 saturated heterocycles. The molecule has 0 spiro atoms. The molecule has 1 amide bonds. The molecular formula is C22H17N5O. The van der Waals surface area contributed by atoms with Crippen LogP contribution in [0, 0.1) is 0 Å². The summed E-state index contributed by atoms with van der Waals surface area (Å²) in [7, 11) is 0. The van der Waals surface area contributed by atoms with Crippen LogP contribution in [0.3, 0.4) is 0 Å². The molecule has 136 valence electrons. The number of amides is 1. The van der Waals surface area contributed by atoms with Gasteiger partial charge >= 0.3 is 0 Å². The summed E-state index contributed by atoms with van der Waals surface area (Å²) in [6.07, 6.45) is 7.06. The zero-order valence-corrected chi connectivity index (χ0v) is 15.0. The number of aromatic nitrogens is 3. The quantitative estimate of drug-likeness (QED) is 0.428. The van der Waals surface area contributed by atoms with Gasteiger partial charge in [0.2, 0.25) is 0 Å². The normalized spacial score (nSPS) is 12.7. The van der Waals surface area contributed by atoms with Crippen molar-refractivity contribution in [2.24, 2.45) is 5.10 Å². The Balaban J connectivity index is 1.40. The maximum atomic E-state index is 12.3. The number of carbonyl (C=O) groups excluding carboxylic acids is 1. The largest absolute Gasteiger partial charge is 0.289 e. The molecule has 2 N–H and O–H groups in total. The van der Waals surface area contributed by atoms with Crippen molar-refractivity contribution < 1.29 is 4.79 Å². The molecule has 28 heavy (non-hydrogen) atoms. The number of nitrogens with zero attached hydrogens (tertiary/aromatic N) is 3. The number of nitrogens with one attached hydrogen (secondary N) is 2. The van der Waals surface area contributed by atoms with E-state index in [9.17, 15) is 4.79 Å². The summed E-state index contributed by atoms with van der Waals surface area (Å²) >= 11 is 0. The second-order valence-corrected chi connectivity index (χ2v) is 6.76. The number of hydrazone groups is 1. The predicted octanol–water partition coefficient (Wildman–Crippen LogP) is 3.49. The van der Waals surface area contributed by atoms with Crippen LogP contribution in [0.2, 0.25) is 0 Å². The summed E-state index contributed by atoms with van der Waals surface area (Å²) in [4.78, 5) is 16.3. The lowest BCUT2D eigenvalue weighted by Gasteiger charge is -2.06. The van der Waals surface area contributed by atoms with Crippen LogP contribution in [0.5, 0.6) is 0 Å². The van der Waals surface area contributed by atoms with Crippen LogP contribution in [-0.4, -0.2) is 27.3 Å². The van der Waals surface area contributed by atoms with Crippen LogP contribution in [0.25, 0.3) is 22.0 Å². The number of hydrogen-bond donors (Lipinski definition) is 2. The van der Waals surface area contributed by atoms with E-state index in [2.05, 4.69) is 56.0 Å². The van der Waals surface area contributed by atoms with Crippen LogP contribution in [-0.2, 0) is 12.8 Å². The Morgan fingerprint density at radius 3 is 2.86 bits per heavy atom. The topological polar surface area (TPSA) is 83.0 Å². The molecule has 6 heteroatoms. The van der Waals surface area contributed by atoms with Crippen molar-refractivity contribution in [1.82, 2.24) is 20.6 Å². The van der Waals surface area contributed by atoms with Gasteiger partial charge in [-0.05, 0) is 46.9 Å². The average Bonchev–Trinajstić information content (AvgIpc) is 3.38. The fraction of sp³-hybridized carbons (Fsp3) is 0.0909. The van der Waals surface area contributed by atoms with Gasteiger partial charge in [-0.3, -0.25) is 14.9 Å². The minimum absolute atomic E-state index is 0.343. The zero-order chi connectivity index (χ0) is 18.9. The standard InChI is InChI=1S/C22H17N5O/c28-22(27-24-13-14-3-2-10-23-12-14)20-11-19(25-26-20)17-9-8-16-7-6-15-4-1-5-18(17)21(15)16/h1-5,8-13H,6-7H2,(H,25,26)(H,27,28). The van der Waals surface area contributed by atoms with Gasteiger partial charge in [0.25, 0.3) is 5.91 Å². The number of benzene rings is 2. The van der Waals surface area contributed by atoms with Gasteiger partial charge < -0.3 is 0 Å². The second-order valence-electron chi connectivity index (χ2n) is 6.76. The van der Waals surface area contributed by atoms with Crippen molar-refractivity contribution in [3.8, 4) is 11.3 Å². The summed E-state index contributed by atoms with van der Waals surface area (Å²) in [6, 6.07) is 16.1. The molecule has 2 aromatic heterocycles. The molecule has 2 aromatic carbocycles. The van der Waals surface area contributed by atoms with E-state index in [-0.39, 0.29) is 5.91 Å². The van der Waals surface area contributed by atoms with E-state index in [1.165, 1.54) is 21.9 Å². The number of aromatic amines is 1. The van der Waals surface area contributed by atoms with E-state index in [1.807, 2.05) is 12.1 Å². The van der Waals surface area contributed by atoms with E-state index in [4.69, 9.17) is 0 Å². The molecule has 6 nitrogen and oxygen atoms in total. The Labute approximate surface area is 161 Å². The third-order valence-electron chi connectivity index (χ3n) is 5.04. The Bertz CT molecular complexity index is 1200. The number of H-pyrrole nitrogens is 1.